The number of hydrazine groups is 1. The van der Waals surface area contributed by atoms with Gasteiger partial charge in [0.15, 0.2) is 0 Å². The Labute approximate surface area is 153 Å². The number of nitrogens with one attached hydrogen (secondary N) is 2. The van der Waals surface area contributed by atoms with Gasteiger partial charge in [-0.2, -0.15) is 0 Å². The van der Waals surface area contributed by atoms with Crippen LogP contribution >= 0.6 is 0 Å². The number of carbonyl (C=O) groups excluding carboxylic acids is 3. The SMILES string of the molecule is CC(C)CCNC(=O)c1cccc(N2NC(=O)C3CC=CCC3C2=O)c1. The summed E-state index contributed by atoms with van der Waals surface area (Å²) >= 11 is 0. The van der Waals surface area contributed by atoms with E-state index in [-0.39, 0.29) is 29.6 Å². The van der Waals surface area contributed by atoms with Crippen molar-refractivity contribution in [1.82, 2.24) is 10.7 Å². The summed E-state index contributed by atoms with van der Waals surface area (Å²) in [4.78, 5) is 37.5. The fraction of sp³-hybridized carbons (Fsp3) is 0.450. The number of carbonyl (C=O) groups is 3. The smallest absolute Gasteiger partial charge is 0.251 e. The number of nitrogens with zero attached hydrogens (tertiary/aromatic N) is 1. The van der Waals surface area contributed by atoms with Crippen molar-refractivity contribution < 1.29 is 14.4 Å². The maximum absolute atomic E-state index is 12.8. The fourth-order valence-electron chi connectivity index (χ4n) is 3.35. The van der Waals surface area contributed by atoms with Gasteiger partial charge in [-0.05, 0) is 43.4 Å². The lowest BCUT2D eigenvalue weighted by atomic mass is 9.80. The van der Waals surface area contributed by atoms with Gasteiger partial charge in [-0.25, -0.2) is 5.01 Å². The standard InChI is InChI=1S/C20H25N3O3/c1-13(2)10-11-21-18(24)14-6-5-7-15(12-14)23-20(26)17-9-4-3-8-16(17)19(25)22-23/h3-7,12-13,16-17H,8-11H2,1-2H3,(H,21,24)(H,22,25). The van der Waals surface area contributed by atoms with Crippen LogP contribution < -0.4 is 15.8 Å². The third kappa shape index (κ3) is 3.79. The second kappa shape index (κ2) is 7.72. The molecular formula is C20H25N3O3. The number of benzene rings is 1. The lowest BCUT2D eigenvalue weighted by Crippen LogP contribution is -2.59. The highest BCUT2D eigenvalue weighted by Gasteiger charge is 2.42. The minimum absolute atomic E-state index is 0.128. The van der Waals surface area contributed by atoms with E-state index < -0.39 is 0 Å². The molecule has 0 aromatic heterocycles. The maximum Gasteiger partial charge on any atom is 0.251 e. The molecule has 6 heteroatoms. The van der Waals surface area contributed by atoms with Crippen LogP contribution in [0.3, 0.4) is 0 Å². The summed E-state index contributed by atoms with van der Waals surface area (Å²) in [6.45, 7) is 4.81. The van der Waals surface area contributed by atoms with Crippen molar-refractivity contribution >= 4 is 23.4 Å². The molecule has 0 bridgehead atoms. The fourth-order valence-corrected chi connectivity index (χ4v) is 3.35. The highest BCUT2D eigenvalue weighted by atomic mass is 16.2. The van der Waals surface area contributed by atoms with Gasteiger partial charge in [0.05, 0.1) is 17.5 Å². The zero-order chi connectivity index (χ0) is 18.7. The minimum Gasteiger partial charge on any atom is -0.352 e. The molecule has 1 aromatic carbocycles. The van der Waals surface area contributed by atoms with E-state index in [1.54, 1.807) is 24.3 Å². The van der Waals surface area contributed by atoms with E-state index in [2.05, 4.69) is 24.6 Å². The van der Waals surface area contributed by atoms with Crippen LogP contribution in [0.4, 0.5) is 5.69 Å². The molecule has 0 saturated carbocycles. The molecule has 1 saturated heterocycles. The Bertz CT molecular complexity index is 742. The van der Waals surface area contributed by atoms with Crippen LogP contribution in [0, 0.1) is 17.8 Å². The number of rotatable bonds is 5. The largest absolute Gasteiger partial charge is 0.352 e. The minimum atomic E-state index is -0.336. The van der Waals surface area contributed by atoms with Gasteiger partial charge in [-0.3, -0.25) is 19.8 Å². The number of amides is 3. The first-order chi connectivity index (χ1) is 12.5. The third-order valence-electron chi connectivity index (χ3n) is 4.90. The Morgan fingerprint density at radius 2 is 1.96 bits per heavy atom. The van der Waals surface area contributed by atoms with E-state index in [0.29, 0.717) is 36.6 Å². The Morgan fingerprint density at radius 1 is 1.23 bits per heavy atom. The molecule has 26 heavy (non-hydrogen) atoms. The van der Waals surface area contributed by atoms with Gasteiger partial charge in [0.1, 0.15) is 0 Å². The number of allylic oxidation sites excluding steroid dienone is 2. The molecule has 1 heterocycles. The molecule has 0 radical (unpaired) electrons. The van der Waals surface area contributed by atoms with Crippen molar-refractivity contribution in [2.75, 3.05) is 11.6 Å². The Hall–Kier alpha value is -2.63. The van der Waals surface area contributed by atoms with E-state index in [1.165, 1.54) is 5.01 Å². The van der Waals surface area contributed by atoms with E-state index >= 15 is 0 Å². The van der Waals surface area contributed by atoms with Crippen LogP contribution in [0.15, 0.2) is 36.4 Å². The molecule has 1 aliphatic carbocycles. The Kier molecular flexibility index (Phi) is 5.40. The Balaban J connectivity index is 1.75. The summed E-state index contributed by atoms with van der Waals surface area (Å²) in [5, 5.41) is 4.17. The van der Waals surface area contributed by atoms with Crippen LogP contribution in [-0.2, 0) is 9.59 Å². The maximum atomic E-state index is 12.8. The average molecular weight is 355 g/mol. The van der Waals surface area contributed by atoms with Crippen molar-refractivity contribution in [3.8, 4) is 0 Å². The van der Waals surface area contributed by atoms with Gasteiger partial charge in [0.2, 0.25) is 11.8 Å². The number of fused-ring (bicyclic) bond motifs is 1. The van der Waals surface area contributed by atoms with E-state index in [0.717, 1.165) is 6.42 Å². The predicted molar refractivity (Wildman–Crippen MR) is 99.2 cm³/mol. The van der Waals surface area contributed by atoms with Gasteiger partial charge >= 0.3 is 0 Å². The molecule has 6 nitrogen and oxygen atoms in total. The Morgan fingerprint density at radius 3 is 2.69 bits per heavy atom. The van der Waals surface area contributed by atoms with Crippen LogP contribution in [0.2, 0.25) is 0 Å². The average Bonchev–Trinajstić information content (AvgIpc) is 2.64. The summed E-state index contributed by atoms with van der Waals surface area (Å²) in [7, 11) is 0. The van der Waals surface area contributed by atoms with E-state index in [4.69, 9.17) is 0 Å². The van der Waals surface area contributed by atoms with Crippen molar-refractivity contribution in [3.05, 3.63) is 42.0 Å². The summed E-state index contributed by atoms with van der Waals surface area (Å²) in [6, 6.07) is 6.79. The summed E-state index contributed by atoms with van der Waals surface area (Å²) in [5.41, 5.74) is 3.66. The van der Waals surface area contributed by atoms with Crippen molar-refractivity contribution in [2.45, 2.75) is 33.1 Å². The van der Waals surface area contributed by atoms with Gasteiger partial charge in [0.25, 0.3) is 5.91 Å². The van der Waals surface area contributed by atoms with Crippen molar-refractivity contribution in [2.24, 2.45) is 17.8 Å². The third-order valence-corrected chi connectivity index (χ3v) is 4.90. The lowest BCUT2D eigenvalue weighted by Gasteiger charge is -2.38. The van der Waals surface area contributed by atoms with Crippen LogP contribution in [0.25, 0.3) is 0 Å². The van der Waals surface area contributed by atoms with E-state index in [1.807, 2.05) is 12.2 Å². The molecular weight excluding hydrogens is 330 g/mol. The first-order valence-corrected chi connectivity index (χ1v) is 9.15. The molecule has 1 aliphatic heterocycles. The summed E-state index contributed by atoms with van der Waals surface area (Å²) in [6.07, 6.45) is 5.97. The van der Waals surface area contributed by atoms with Crippen LogP contribution in [-0.4, -0.2) is 24.3 Å². The molecule has 3 amide bonds. The van der Waals surface area contributed by atoms with Crippen LogP contribution in [0.1, 0.15) is 43.5 Å². The normalized spacial score (nSPS) is 22.2. The van der Waals surface area contributed by atoms with E-state index in [9.17, 15) is 14.4 Å². The van der Waals surface area contributed by atoms with Gasteiger partial charge in [-0.15, -0.1) is 0 Å². The van der Waals surface area contributed by atoms with Crippen molar-refractivity contribution in [1.29, 1.82) is 0 Å². The molecule has 138 valence electrons. The van der Waals surface area contributed by atoms with Gasteiger partial charge in [-0.1, -0.05) is 32.1 Å². The van der Waals surface area contributed by atoms with Gasteiger partial charge in [0, 0.05) is 12.1 Å². The second-order valence-corrected chi connectivity index (χ2v) is 7.29. The number of hydrogen-bond donors (Lipinski definition) is 2. The monoisotopic (exact) mass is 355 g/mol. The molecule has 2 atom stereocenters. The molecule has 0 spiro atoms. The van der Waals surface area contributed by atoms with Gasteiger partial charge < -0.3 is 5.32 Å². The first kappa shape index (κ1) is 18.2. The first-order valence-electron chi connectivity index (χ1n) is 9.15. The van der Waals surface area contributed by atoms with Crippen molar-refractivity contribution in [3.63, 3.8) is 0 Å². The number of anilines is 1. The molecule has 3 rings (SSSR count). The highest BCUT2D eigenvalue weighted by molar-refractivity contribution is 6.05. The second-order valence-electron chi connectivity index (χ2n) is 7.29. The molecule has 1 aromatic rings. The van der Waals surface area contributed by atoms with Crippen LogP contribution in [0.5, 0.6) is 0 Å². The highest BCUT2D eigenvalue weighted by Crippen LogP contribution is 2.32. The molecule has 2 aliphatic rings. The molecule has 2 unspecified atom stereocenters. The quantitative estimate of drug-likeness (QED) is 0.796. The predicted octanol–water partition coefficient (Wildman–Crippen LogP) is 2.42. The summed E-state index contributed by atoms with van der Waals surface area (Å²) in [5.74, 6) is -0.576. The molecule has 1 fully saturated rings. The lowest BCUT2D eigenvalue weighted by molar-refractivity contribution is -0.139. The zero-order valence-corrected chi connectivity index (χ0v) is 15.2. The molecule has 2 N–H and O–H groups in total. The topological polar surface area (TPSA) is 78.5 Å². The number of hydrogen-bond acceptors (Lipinski definition) is 3. The zero-order valence-electron chi connectivity index (χ0n) is 15.2. The summed E-state index contributed by atoms with van der Waals surface area (Å²) < 4.78 is 0.